The van der Waals surface area contributed by atoms with Crippen LogP contribution in [0.5, 0.6) is 0 Å². The van der Waals surface area contributed by atoms with Crippen molar-refractivity contribution in [3.05, 3.63) is 17.3 Å². The summed E-state index contributed by atoms with van der Waals surface area (Å²) < 4.78 is 25.1. The molecule has 0 saturated carbocycles. The standard InChI is InChI=1S/C8H9F2N3O2/c9-7(10)6-3(1-5(14)15)4(11)2-13-8(6)12/h2,7H,1,11H2,(H2,12,13)(H,14,15). The summed E-state index contributed by atoms with van der Waals surface area (Å²) in [6.45, 7) is 0. The van der Waals surface area contributed by atoms with E-state index in [9.17, 15) is 13.6 Å². The Balaban J connectivity index is 3.31. The molecule has 0 bridgehead atoms. The zero-order valence-corrected chi connectivity index (χ0v) is 7.58. The number of anilines is 2. The highest BCUT2D eigenvalue weighted by molar-refractivity contribution is 5.75. The third-order valence-corrected chi connectivity index (χ3v) is 1.84. The maximum Gasteiger partial charge on any atom is 0.307 e. The van der Waals surface area contributed by atoms with Crippen molar-refractivity contribution < 1.29 is 18.7 Å². The van der Waals surface area contributed by atoms with E-state index in [1.165, 1.54) is 0 Å². The van der Waals surface area contributed by atoms with E-state index in [0.717, 1.165) is 6.20 Å². The minimum absolute atomic E-state index is 0.0955. The average Bonchev–Trinajstić information content (AvgIpc) is 2.10. The van der Waals surface area contributed by atoms with Gasteiger partial charge in [0.1, 0.15) is 5.82 Å². The van der Waals surface area contributed by atoms with Gasteiger partial charge in [-0.1, -0.05) is 0 Å². The molecule has 0 spiro atoms. The number of nitrogens with zero attached hydrogens (tertiary/aromatic N) is 1. The first kappa shape index (κ1) is 11.2. The van der Waals surface area contributed by atoms with Gasteiger partial charge in [-0.2, -0.15) is 0 Å². The number of alkyl halides is 2. The summed E-state index contributed by atoms with van der Waals surface area (Å²) in [4.78, 5) is 13.9. The van der Waals surface area contributed by atoms with Crippen LogP contribution in [0.2, 0.25) is 0 Å². The van der Waals surface area contributed by atoms with Gasteiger partial charge in [-0.3, -0.25) is 4.79 Å². The molecule has 1 rings (SSSR count). The number of pyridine rings is 1. The van der Waals surface area contributed by atoms with Crippen LogP contribution in [0.1, 0.15) is 17.6 Å². The van der Waals surface area contributed by atoms with Crippen LogP contribution in [0.3, 0.4) is 0 Å². The molecule has 0 unspecified atom stereocenters. The number of aromatic nitrogens is 1. The minimum Gasteiger partial charge on any atom is -0.481 e. The van der Waals surface area contributed by atoms with E-state index in [4.69, 9.17) is 16.6 Å². The van der Waals surface area contributed by atoms with Crippen molar-refractivity contribution in [2.45, 2.75) is 12.8 Å². The zero-order chi connectivity index (χ0) is 11.6. The maximum absolute atomic E-state index is 12.6. The molecule has 0 amide bonds. The number of hydrogen-bond donors (Lipinski definition) is 3. The molecule has 1 aromatic rings. The number of aliphatic carboxylic acids is 1. The second kappa shape index (κ2) is 4.07. The van der Waals surface area contributed by atoms with Crippen LogP contribution in [0, 0.1) is 0 Å². The van der Waals surface area contributed by atoms with Gasteiger partial charge in [0.25, 0.3) is 6.43 Å². The zero-order valence-electron chi connectivity index (χ0n) is 7.58. The van der Waals surface area contributed by atoms with Gasteiger partial charge in [0.2, 0.25) is 0 Å². The van der Waals surface area contributed by atoms with Gasteiger partial charge < -0.3 is 16.6 Å². The summed E-state index contributed by atoms with van der Waals surface area (Å²) in [7, 11) is 0. The number of nitrogens with two attached hydrogens (primary N) is 2. The van der Waals surface area contributed by atoms with Crippen molar-refractivity contribution in [1.82, 2.24) is 4.98 Å². The molecule has 5 N–H and O–H groups in total. The number of carboxylic acid groups (broad SMARTS) is 1. The molecule has 0 radical (unpaired) electrons. The van der Waals surface area contributed by atoms with Gasteiger partial charge in [-0.25, -0.2) is 13.8 Å². The summed E-state index contributed by atoms with van der Waals surface area (Å²) in [6, 6.07) is 0. The highest BCUT2D eigenvalue weighted by atomic mass is 19.3. The average molecular weight is 217 g/mol. The maximum atomic E-state index is 12.6. The van der Waals surface area contributed by atoms with Crippen LogP contribution in [0.25, 0.3) is 0 Å². The first-order valence-corrected chi connectivity index (χ1v) is 3.96. The van der Waals surface area contributed by atoms with E-state index >= 15 is 0 Å². The van der Waals surface area contributed by atoms with Crippen LogP contribution in [0.4, 0.5) is 20.3 Å². The molecule has 1 aromatic heterocycles. The second-order valence-electron chi connectivity index (χ2n) is 2.86. The van der Waals surface area contributed by atoms with Crippen molar-refractivity contribution in [1.29, 1.82) is 0 Å². The normalized spacial score (nSPS) is 10.6. The first-order valence-electron chi connectivity index (χ1n) is 3.96. The lowest BCUT2D eigenvalue weighted by Gasteiger charge is -2.11. The Kier molecular flexibility index (Phi) is 3.03. The van der Waals surface area contributed by atoms with Crippen molar-refractivity contribution in [2.75, 3.05) is 11.5 Å². The van der Waals surface area contributed by atoms with Gasteiger partial charge in [0, 0.05) is 5.56 Å². The second-order valence-corrected chi connectivity index (χ2v) is 2.86. The lowest BCUT2D eigenvalue weighted by Crippen LogP contribution is -2.11. The van der Waals surface area contributed by atoms with Gasteiger partial charge in [0.15, 0.2) is 0 Å². The molecular weight excluding hydrogens is 208 g/mol. The van der Waals surface area contributed by atoms with Crippen LogP contribution in [-0.2, 0) is 11.2 Å². The fourth-order valence-corrected chi connectivity index (χ4v) is 1.19. The van der Waals surface area contributed by atoms with Crippen molar-refractivity contribution in [3.8, 4) is 0 Å². The molecule has 7 heteroatoms. The van der Waals surface area contributed by atoms with Gasteiger partial charge in [0.05, 0.1) is 23.9 Å². The minimum atomic E-state index is -2.89. The molecule has 15 heavy (non-hydrogen) atoms. The van der Waals surface area contributed by atoms with Gasteiger partial charge in [-0.05, 0) is 0 Å². The number of halogens is 2. The summed E-state index contributed by atoms with van der Waals surface area (Å²) in [5.41, 5.74) is 9.72. The Morgan fingerprint density at radius 3 is 2.60 bits per heavy atom. The van der Waals surface area contributed by atoms with Crippen LogP contribution >= 0.6 is 0 Å². The third-order valence-electron chi connectivity index (χ3n) is 1.84. The molecule has 0 aliphatic rings. The van der Waals surface area contributed by atoms with E-state index in [-0.39, 0.29) is 11.3 Å². The first-order chi connectivity index (χ1) is 6.93. The Morgan fingerprint density at radius 1 is 1.53 bits per heavy atom. The Bertz CT molecular complexity index is 396. The summed E-state index contributed by atoms with van der Waals surface area (Å²) >= 11 is 0. The number of carbonyl (C=O) groups is 1. The molecule has 5 nitrogen and oxygen atoms in total. The van der Waals surface area contributed by atoms with Crippen molar-refractivity contribution in [3.63, 3.8) is 0 Å². The summed E-state index contributed by atoms with van der Waals surface area (Å²) in [6.07, 6.45) is -2.42. The molecule has 0 aliphatic carbocycles. The molecule has 0 aliphatic heterocycles. The van der Waals surface area contributed by atoms with E-state index < -0.39 is 30.2 Å². The Hall–Kier alpha value is -1.92. The quantitative estimate of drug-likeness (QED) is 0.695. The molecule has 0 saturated heterocycles. The lowest BCUT2D eigenvalue weighted by molar-refractivity contribution is -0.136. The summed E-state index contributed by atoms with van der Waals surface area (Å²) in [5.74, 6) is -1.65. The highest BCUT2D eigenvalue weighted by Gasteiger charge is 2.21. The lowest BCUT2D eigenvalue weighted by atomic mass is 10.0. The van der Waals surface area contributed by atoms with E-state index in [1.807, 2.05) is 0 Å². The molecule has 1 heterocycles. The number of hydrogen-bond acceptors (Lipinski definition) is 4. The molecule has 0 atom stereocenters. The Labute approximate surface area is 83.7 Å². The topological polar surface area (TPSA) is 102 Å². The predicted octanol–water partition coefficient (Wildman–Crippen LogP) is 0.811. The smallest absolute Gasteiger partial charge is 0.307 e. The van der Waals surface area contributed by atoms with E-state index in [1.54, 1.807) is 0 Å². The fraction of sp³-hybridized carbons (Fsp3) is 0.250. The van der Waals surface area contributed by atoms with Gasteiger partial charge in [-0.15, -0.1) is 0 Å². The highest BCUT2D eigenvalue weighted by Crippen LogP contribution is 2.30. The van der Waals surface area contributed by atoms with Crippen LogP contribution in [-0.4, -0.2) is 16.1 Å². The SMILES string of the molecule is Nc1cnc(N)c(C(F)F)c1CC(=O)O. The number of nitrogen functional groups attached to an aromatic ring is 2. The number of carboxylic acids is 1. The Morgan fingerprint density at radius 2 is 2.13 bits per heavy atom. The third kappa shape index (κ3) is 2.30. The van der Waals surface area contributed by atoms with Crippen LogP contribution in [0.15, 0.2) is 6.20 Å². The largest absolute Gasteiger partial charge is 0.481 e. The monoisotopic (exact) mass is 217 g/mol. The van der Waals surface area contributed by atoms with Gasteiger partial charge >= 0.3 is 5.97 Å². The van der Waals surface area contributed by atoms with E-state index in [2.05, 4.69) is 4.98 Å². The van der Waals surface area contributed by atoms with Crippen molar-refractivity contribution >= 4 is 17.5 Å². The predicted molar refractivity (Wildman–Crippen MR) is 49.4 cm³/mol. The summed E-state index contributed by atoms with van der Waals surface area (Å²) in [5, 5.41) is 8.53. The fourth-order valence-electron chi connectivity index (χ4n) is 1.19. The number of rotatable bonds is 3. The molecule has 0 aromatic carbocycles. The molecular formula is C8H9F2N3O2. The molecule has 82 valence electrons. The van der Waals surface area contributed by atoms with Crippen LogP contribution < -0.4 is 11.5 Å². The van der Waals surface area contributed by atoms with E-state index in [0.29, 0.717) is 0 Å². The molecule has 0 fully saturated rings. The van der Waals surface area contributed by atoms with Crippen molar-refractivity contribution in [2.24, 2.45) is 0 Å².